The Hall–Kier alpha value is -1.71. The summed E-state index contributed by atoms with van der Waals surface area (Å²) in [7, 11) is 1.92. The summed E-state index contributed by atoms with van der Waals surface area (Å²) in [5.41, 5.74) is 0.589. The molecule has 0 bridgehead atoms. The Kier molecular flexibility index (Phi) is 7.58. The van der Waals surface area contributed by atoms with E-state index < -0.39 is 24.1 Å². The summed E-state index contributed by atoms with van der Waals surface area (Å²) in [4.78, 5) is 26.3. The number of ether oxygens (including phenoxy) is 1. The van der Waals surface area contributed by atoms with Gasteiger partial charge in [0.05, 0.1) is 23.8 Å². The van der Waals surface area contributed by atoms with E-state index in [2.05, 4.69) is 5.32 Å². The van der Waals surface area contributed by atoms with E-state index >= 15 is 0 Å². The van der Waals surface area contributed by atoms with Gasteiger partial charge in [0.1, 0.15) is 12.0 Å². The number of aliphatic hydroxyl groups excluding tert-OH is 1. The number of hydrogen-bond donors (Lipinski definition) is 3. The van der Waals surface area contributed by atoms with Gasteiger partial charge in [-0.25, -0.2) is 0 Å². The maximum Gasteiger partial charge on any atom is 0.262 e. The topological polar surface area (TPSA) is 102 Å². The van der Waals surface area contributed by atoms with Gasteiger partial charge >= 0.3 is 0 Å². The number of hydroxylamine groups is 2. The third-order valence-corrected chi connectivity index (χ3v) is 4.86. The molecule has 0 radical (unpaired) electrons. The minimum atomic E-state index is -1.26. The van der Waals surface area contributed by atoms with E-state index in [0.717, 1.165) is 35.8 Å². The molecule has 8 nitrogen and oxygen atoms in total. The first-order valence-corrected chi connectivity index (χ1v) is 8.97. The third kappa shape index (κ3) is 4.41. The second-order valence-electron chi connectivity index (χ2n) is 6.63. The lowest BCUT2D eigenvalue weighted by molar-refractivity contribution is -0.179. The van der Waals surface area contributed by atoms with Gasteiger partial charge in [0, 0.05) is 6.54 Å². The summed E-state index contributed by atoms with van der Waals surface area (Å²) >= 11 is 0. The van der Waals surface area contributed by atoms with Gasteiger partial charge in [0.15, 0.2) is 0 Å². The number of benzene rings is 1. The molecule has 2 unspecified atom stereocenters. The van der Waals surface area contributed by atoms with Crippen LogP contribution in [0.3, 0.4) is 0 Å². The Morgan fingerprint density at radius 3 is 2.59 bits per heavy atom. The average Bonchev–Trinajstić information content (AvgIpc) is 3.08. The van der Waals surface area contributed by atoms with Crippen LogP contribution in [0.25, 0.3) is 0 Å². The molecule has 1 aromatic carbocycles. The maximum atomic E-state index is 12.7. The number of unbranched alkanes of at least 4 members (excludes halogenated alkanes) is 2. The fraction of sp³-hybridized carbons (Fsp3) is 0.556. The smallest absolute Gasteiger partial charge is 0.262 e. The van der Waals surface area contributed by atoms with Crippen LogP contribution >= 0.6 is 12.4 Å². The number of aliphatic hydroxyl groups is 1. The highest BCUT2D eigenvalue weighted by Crippen LogP contribution is 2.32. The minimum Gasteiger partial charge on any atom is -0.494 e. The van der Waals surface area contributed by atoms with Crippen LogP contribution < -0.4 is 10.1 Å². The first kappa shape index (κ1) is 21.6. The number of nitrogens with one attached hydrogen (secondary N) is 1. The first-order valence-electron chi connectivity index (χ1n) is 8.97. The van der Waals surface area contributed by atoms with Crippen LogP contribution in [0.4, 0.5) is 0 Å². The van der Waals surface area contributed by atoms with E-state index in [4.69, 9.17) is 4.74 Å². The van der Waals surface area contributed by atoms with Crippen molar-refractivity contribution in [1.82, 2.24) is 15.3 Å². The van der Waals surface area contributed by atoms with Crippen molar-refractivity contribution < 1.29 is 24.6 Å². The number of nitrogens with zero attached hydrogens (tertiary/aromatic N) is 2. The number of carbonyl (C=O) groups is 2. The highest BCUT2D eigenvalue weighted by atomic mass is 35.5. The first-order chi connectivity index (χ1) is 12.5. The highest BCUT2D eigenvalue weighted by Gasteiger charge is 2.46. The van der Waals surface area contributed by atoms with Gasteiger partial charge in [-0.05, 0) is 57.5 Å². The summed E-state index contributed by atoms with van der Waals surface area (Å²) < 4.78 is 5.69. The van der Waals surface area contributed by atoms with Crippen molar-refractivity contribution in [1.29, 1.82) is 0 Å². The van der Waals surface area contributed by atoms with Crippen molar-refractivity contribution in [3.63, 3.8) is 0 Å². The predicted molar refractivity (Wildman–Crippen MR) is 100 cm³/mol. The Balaban J connectivity index is 0.00000261. The molecule has 2 amide bonds. The summed E-state index contributed by atoms with van der Waals surface area (Å²) in [5.74, 6) is -0.345. The number of amides is 2. The van der Waals surface area contributed by atoms with Gasteiger partial charge in [-0.1, -0.05) is 0 Å². The molecule has 2 aliphatic rings. The molecule has 1 aromatic rings. The summed E-state index contributed by atoms with van der Waals surface area (Å²) in [6.45, 7) is 1.74. The van der Waals surface area contributed by atoms with Gasteiger partial charge in [-0.15, -0.1) is 12.4 Å². The van der Waals surface area contributed by atoms with E-state index in [9.17, 15) is 19.9 Å². The van der Waals surface area contributed by atoms with Crippen LogP contribution in [0.15, 0.2) is 18.2 Å². The molecule has 0 spiro atoms. The van der Waals surface area contributed by atoms with Gasteiger partial charge in [0.2, 0.25) is 0 Å². The van der Waals surface area contributed by atoms with Gasteiger partial charge in [0.25, 0.3) is 11.8 Å². The molecule has 27 heavy (non-hydrogen) atoms. The molecule has 2 atom stereocenters. The standard InChI is InChI=1S/C18H25N3O5.ClH/c1-19-8-3-2-4-10-26-12-5-6-13-14(11-12)17(23)21(16(13)22)15-7-9-20(25)18(15)24;/h5-6,11,15,18-19,24-25H,2-4,7-10H2,1H3;1H. The Morgan fingerprint density at radius 2 is 1.93 bits per heavy atom. The van der Waals surface area contributed by atoms with Crippen LogP contribution in [-0.4, -0.2) is 71.1 Å². The zero-order chi connectivity index (χ0) is 18.7. The minimum absolute atomic E-state index is 0. The number of imide groups is 1. The molecule has 1 saturated heterocycles. The van der Waals surface area contributed by atoms with Crippen LogP contribution in [0.2, 0.25) is 0 Å². The lowest BCUT2D eigenvalue weighted by atomic mass is 10.1. The number of fused-ring (bicyclic) bond motifs is 1. The normalized spacial score (nSPS) is 22.1. The SMILES string of the molecule is CNCCCCCOc1ccc2c(c1)C(=O)N(C1CCN(O)C1O)C2=O.Cl. The summed E-state index contributed by atoms with van der Waals surface area (Å²) in [6, 6.07) is 4.11. The van der Waals surface area contributed by atoms with Crippen LogP contribution in [0, 0.1) is 0 Å². The number of halogens is 1. The lowest BCUT2D eigenvalue weighted by Crippen LogP contribution is -2.47. The average molecular weight is 400 g/mol. The zero-order valence-corrected chi connectivity index (χ0v) is 16.1. The van der Waals surface area contributed by atoms with Crippen molar-refractivity contribution in [2.75, 3.05) is 26.7 Å². The fourth-order valence-corrected chi connectivity index (χ4v) is 3.41. The van der Waals surface area contributed by atoms with E-state index in [1.54, 1.807) is 18.2 Å². The molecule has 9 heteroatoms. The van der Waals surface area contributed by atoms with Crippen LogP contribution in [0.1, 0.15) is 46.4 Å². The van der Waals surface area contributed by atoms with Crippen molar-refractivity contribution >= 4 is 24.2 Å². The molecular formula is C18H26ClN3O5. The number of rotatable bonds is 8. The van der Waals surface area contributed by atoms with Gasteiger partial charge in [-0.2, -0.15) is 5.06 Å². The Bertz CT molecular complexity index is 687. The van der Waals surface area contributed by atoms with Crippen molar-refractivity contribution in [2.24, 2.45) is 0 Å². The van der Waals surface area contributed by atoms with Crippen LogP contribution in [0.5, 0.6) is 5.75 Å². The molecule has 2 heterocycles. The largest absolute Gasteiger partial charge is 0.494 e. The second kappa shape index (κ2) is 9.48. The zero-order valence-electron chi connectivity index (χ0n) is 15.3. The Labute approximate surface area is 164 Å². The van der Waals surface area contributed by atoms with Crippen molar-refractivity contribution in [3.8, 4) is 5.75 Å². The van der Waals surface area contributed by atoms with Gasteiger partial charge < -0.3 is 20.4 Å². The fourth-order valence-electron chi connectivity index (χ4n) is 3.41. The molecule has 3 rings (SSSR count). The van der Waals surface area contributed by atoms with E-state index in [-0.39, 0.29) is 24.5 Å². The molecule has 150 valence electrons. The predicted octanol–water partition coefficient (Wildman–Crippen LogP) is 1.25. The van der Waals surface area contributed by atoms with Crippen LogP contribution in [-0.2, 0) is 0 Å². The van der Waals surface area contributed by atoms with E-state index in [1.165, 1.54) is 0 Å². The second-order valence-corrected chi connectivity index (χ2v) is 6.63. The van der Waals surface area contributed by atoms with E-state index in [1.807, 2.05) is 7.05 Å². The van der Waals surface area contributed by atoms with Crippen molar-refractivity contribution in [2.45, 2.75) is 38.0 Å². The maximum absolute atomic E-state index is 12.7. The molecule has 0 aliphatic carbocycles. The quantitative estimate of drug-likeness (QED) is 0.446. The van der Waals surface area contributed by atoms with E-state index in [0.29, 0.717) is 24.3 Å². The van der Waals surface area contributed by atoms with Gasteiger partial charge in [-0.3, -0.25) is 14.5 Å². The third-order valence-electron chi connectivity index (χ3n) is 4.86. The number of hydrogen-bond acceptors (Lipinski definition) is 7. The monoisotopic (exact) mass is 399 g/mol. The molecule has 0 aromatic heterocycles. The van der Waals surface area contributed by atoms with Crippen molar-refractivity contribution in [3.05, 3.63) is 29.3 Å². The lowest BCUT2D eigenvalue weighted by Gasteiger charge is -2.25. The Morgan fingerprint density at radius 1 is 1.19 bits per heavy atom. The number of carbonyl (C=O) groups excluding carboxylic acids is 2. The molecular weight excluding hydrogens is 374 g/mol. The summed E-state index contributed by atoms with van der Waals surface area (Å²) in [5, 5.41) is 23.4. The molecule has 0 saturated carbocycles. The molecule has 1 fully saturated rings. The molecule has 2 aliphatic heterocycles. The molecule has 3 N–H and O–H groups in total. The highest BCUT2D eigenvalue weighted by molar-refractivity contribution is 6.21. The summed E-state index contributed by atoms with van der Waals surface area (Å²) in [6.07, 6.45) is 2.12.